The Kier molecular flexibility index (Phi) is 2.55. The van der Waals surface area contributed by atoms with E-state index in [-0.39, 0.29) is 5.03 Å². The Morgan fingerprint density at radius 2 is 2.00 bits per heavy atom. The van der Waals surface area contributed by atoms with Crippen molar-refractivity contribution in [2.45, 2.75) is 5.03 Å². The van der Waals surface area contributed by atoms with Gasteiger partial charge in [0.25, 0.3) is 0 Å². The Morgan fingerprint density at radius 1 is 1.25 bits per heavy atom. The minimum absolute atomic E-state index is 0.187. The highest BCUT2D eigenvalue weighted by molar-refractivity contribution is 7.90. The van der Waals surface area contributed by atoms with Crippen LogP contribution in [0.3, 0.4) is 0 Å². The predicted molar refractivity (Wildman–Crippen MR) is 74.3 cm³/mol. The summed E-state index contributed by atoms with van der Waals surface area (Å²) in [6.45, 7) is 0. The Morgan fingerprint density at radius 3 is 2.65 bits per heavy atom. The number of sulfone groups is 1. The summed E-state index contributed by atoms with van der Waals surface area (Å²) in [4.78, 5) is 15.4. The van der Waals surface area contributed by atoms with Gasteiger partial charge in [-0.05, 0) is 30.3 Å². The summed E-state index contributed by atoms with van der Waals surface area (Å²) in [5.41, 5.74) is 7.35. The molecule has 0 fully saturated rings. The van der Waals surface area contributed by atoms with Gasteiger partial charge in [-0.25, -0.2) is 8.42 Å². The van der Waals surface area contributed by atoms with E-state index in [0.29, 0.717) is 22.1 Å². The quantitative estimate of drug-likeness (QED) is 0.761. The van der Waals surface area contributed by atoms with Crippen molar-refractivity contribution in [3.8, 4) is 0 Å². The van der Waals surface area contributed by atoms with Crippen LogP contribution in [0, 0.1) is 0 Å². The van der Waals surface area contributed by atoms with Crippen LogP contribution >= 0.6 is 0 Å². The molecule has 6 nitrogen and oxygen atoms in total. The van der Waals surface area contributed by atoms with E-state index in [0.717, 1.165) is 6.26 Å². The Balaban J connectivity index is 2.46. The number of hydrogen-bond acceptors (Lipinski definition) is 4. The fourth-order valence-corrected chi connectivity index (χ4v) is 3.04. The number of rotatable bonds is 2. The first kappa shape index (κ1) is 12.6. The van der Waals surface area contributed by atoms with Crippen LogP contribution in [0.2, 0.25) is 0 Å². The number of nitrogens with zero attached hydrogens (tertiary/aromatic N) is 2. The lowest BCUT2D eigenvalue weighted by atomic mass is 10.2. The second-order valence-electron chi connectivity index (χ2n) is 4.53. The molecule has 2 heterocycles. The second kappa shape index (κ2) is 4.04. The normalized spacial score (nSPS) is 12.1. The van der Waals surface area contributed by atoms with Gasteiger partial charge in [0, 0.05) is 11.8 Å². The first-order valence-electron chi connectivity index (χ1n) is 5.78. The number of fused-ring (bicyclic) bond motifs is 3. The van der Waals surface area contributed by atoms with Gasteiger partial charge in [0.2, 0.25) is 5.91 Å². The van der Waals surface area contributed by atoms with E-state index < -0.39 is 15.7 Å². The van der Waals surface area contributed by atoms with Crippen molar-refractivity contribution in [3.05, 3.63) is 42.1 Å². The van der Waals surface area contributed by atoms with Crippen molar-refractivity contribution in [2.24, 2.45) is 5.73 Å². The van der Waals surface area contributed by atoms with E-state index in [1.54, 1.807) is 34.9 Å². The minimum atomic E-state index is -3.36. The van der Waals surface area contributed by atoms with Gasteiger partial charge in [-0.3, -0.25) is 14.2 Å². The zero-order valence-electron chi connectivity index (χ0n) is 10.6. The van der Waals surface area contributed by atoms with Gasteiger partial charge >= 0.3 is 0 Å². The number of carbonyl (C=O) groups is 1. The highest BCUT2D eigenvalue weighted by atomic mass is 32.2. The number of amides is 1. The molecule has 20 heavy (non-hydrogen) atoms. The summed E-state index contributed by atoms with van der Waals surface area (Å²) < 4.78 is 25.2. The summed E-state index contributed by atoms with van der Waals surface area (Å²) in [5.74, 6) is -0.551. The van der Waals surface area contributed by atoms with Gasteiger partial charge in [-0.2, -0.15) is 0 Å². The molecule has 0 aliphatic heterocycles. The van der Waals surface area contributed by atoms with Crippen molar-refractivity contribution in [3.63, 3.8) is 0 Å². The largest absolute Gasteiger partial charge is 0.366 e. The molecule has 0 saturated heterocycles. The summed E-state index contributed by atoms with van der Waals surface area (Å²) in [7, 11) is -3.36. The number of nitrogens with two attached hydrogens (primary N) is 1. The minimum Gasteiger partial charge on any atom is -0.366 e. The molecular formula is C13H11N3O3S. The number of aromatic nitrogens is 2. The standard InChI is InChI=1S/C13H11N3O3S/c1-20(18,19)12-5-3-9-7-15-10-6-8(13(14)17)2-4-11(10)16(9)12/h2-7H,1H3,(H2,14,17). The van der Waals surface area contributed by atoms with Crippen molar-refractivity contribution >= 4 is 32.3 Å². The maximum atomic E-state index is 11.8. The van der Waals surface area contributed by atoms with Crippen molar-refractivity contribution in [1.82, 2.24) is 9.38 Å². The van der Waals surface area contributed by atoms with Crippen LogP contribution in [0.15, 0.2) is 41.6 Å². The third-order valence-corrected chi connectivity index (χ3v) is 4.17. The molecule has 0 atom stereocenters. The average molecular weight is 289 g/mol. The zero-order valence-corrected chi connectivity index (χ0v) is 11.4. The molecule has 1 amide bonds. The van der Waals surface area contributed by atoms with Crippen LogP contribution in [0.5, 0.6) is 0 Å². The molecule has 0 saturated carbocycles. The first-order chi connectivity index (χ1) is 9.38. The van der Waals surface area contributed by atoms with E-state index in [2.05, 4.69) is 4.98 Å². The topological polar surface area (TPSA) is 94.5 Å². The van der Waals surface area contributed by atoms with Crippen LogP contribution in [0.1, 0.15) is 10.4 Å². The molecule has 0 bridgehead atoms. The monoisotopic (exact) mass is 289 g/mol. The third-order valence-electron chi connectivity index (χ3n) is 3.09. The van der Waals surface area contributed by atoms with Crippen LogP contribution in [-0.2, 0) is 9.84 Å². The molecule has 0 radical (unpaired) electrons. The van der Waals surface area contributed by atoms with Gasteiger partial charge in [-0.1, -0.05) is 0 Å². The molecule has 3 rings (SSSR count). The molecule has 2 N–H and O–H groups in total. The van der Waals surface area contributed by atoms with Gasteiger partial charge in [-0.15, -0.1) is 0 Å². The van der Waals surface area contributed by atoms with Gasteiger partial charge in [0.05, 0.1) is 22.7 Å². The molecule has 3 aromatic rings. The van der Waals surface area contributed by atoms with Crippen LogP contribution in [-0.4, -0.2) is 30.0 Å². The summed E-state index contributed by atoms with van der Waals surface area (Å²) in [5, 5.41) is 0.187. The van der Waals surface area contributed by atoms with Crippen molar-refractivity contribution in [1.29, 1.82) is 0 Å². The number of benzene rings is 1. The molecule has 1 aromatic carbocycles. The zero-order chi connectivity index (χ0) is 14.5. The Hall–Kier alpha value is -2.41. The maximum absolute atomic E-state index is 11.8. The van der Waals surface area contributed by atoms with Gasteiger partial charge in [0.15, 0.2) is 9.84 Å². The van der Waals surface area contributed by atoms with Gasteiger partial charge < -0.3 is 5.73 Å². The number of hydrogen-bond donors (Lipinski definition) is 1. The molecule has 102 valence electrons. The summed E-state index contributed by atoms with van der Waals surface area (Å²) in [6, 6.07) is 7.96. The Labute approximate surface area is 114 Å². The Bertz CT molecular complexity index is 958. The van der Waals surface area contributed by atoms with Gasteiger partial charge in [0.1, 0.15) is 5.03 Å². The van der Waals surface area contributed by atoms with Crippen molar-refractivity contribution < 1.29 is 13.2 Å². The first-order valence-corrected chi connectivity index (χ1v) is 7.67. The fourth-order valence-electron chi connectivity index (χ4n) is 2.19. The average Bonchev–Trinajstić information content (AvgIpc) is 2.81. The smallest absolute Gasteiger partial charge is 0.248 e. The van der Waals surface area contributed by atoms with E-state index in [4.69, 9.17) is 5.73 Å². The number of carbonyl (C=O) groups excluding carboxylic acids is 1. The lowest BCUT2D eigenvalue weighted by Crippen LogP contribution is -2.11. The van der Waals surface area contributed by atoms with E-state index in [1.165, 1.54) is 6.07 Å². The molecular weight excluding hydrogens is 278 g/mol. The fraction of sp³-hybridized carbons (Fsp3) is 0.0769. The van der Waals surface area contributed by atoms with E-state index in [9.17, 15) is 13.2 Å². The molecule has 0 unspecified atom stereocenters. The van der Waals surface area contributed by atoms with Crippen LogP contribution < -0.4 is 5.73 Å². The van der Waals surface area contributed by atoms with E-state index >= 15 is 0 Å². The lowest BCUT2D eigenvalue weighted by Gasteiger charge is -2.06. The maximum Gasteiger partial charge on any atom is 0.248 e. The molecule has 2 aromatic heterocycles. The molecule has 0 aliphatic carbocycles. The third kappa shape index (κ3) is 1.83. The SMILES string of the molecule is CS(=O)(=O)c1ccc2cnc3cc(C(N)=O)ccc3n12. The molecule has 0 spiro atoms. The highest BCUT2D eigenvalue weighted by Gasteiger charge is 2.15. The van der Waals surface area contributed by atoms with Crippen molar-refractivity contribution in [2.75, 3.05) is 6.26 Å². The predicted octanol–water partition coefficient (Wildman–Crippen LogP) is 0.990. The molecule has 7 heteroatoms. The summed E-state index contributed by atoms with van der Waals surface area (Å²) >= 11 is 0. The lowest BCUT2D eigenvalue weighted by molar-refractivity contribution is 0.100. The number of primary amides is 1. The molecule has 0 aliphatic rings. The second-order valence-corrected chi connectivity index (χ2v) is 6.49. The van der Waals surface area contributed by atoms with Crippen LogP contribution in [0.25, 0.3) is 16.6 Å². The summed E-state index contributed by atoms with van der Waals surface area (Å²) in [6.07, 6.45) is 2.71. The highest BCUT2D eigenvalue weighted by Crippen LogP contribution is 2.22. The van der Waals surface area contributed by atoms with E-state index in [1.807, 2.05) is 0 Å². The van der Waals surface area contributed by atoms with Crippen LogP contribution in [0.4, 0.5) is 0 Å².